The lowest BCUT2D eigenvalue weighted by molar-refractivity contribution is -0.174. The van der Waals surface area contributed by atoms with Crippen LogP contribution in [0.25, 0.3) is 0 Å². The summed E-state index contributed by atoms with van der Waals surface area (Å²) in [4.78, 5) is 29.1. The number of benzene rings is 2. The molecule has 1 atom stereocenters. The summed E-state index contributed by atoms with van der Waals surface area (Å²) in [5.74, 6) is -1.31. The monoisotopic (exact) mass is 409 g/mol. The molecule has 5 heteroatoms. The number of hydrogen-bond donors (Lipinski definition) is 0. The van der Waals surface area contributed by atoms with Crippen LogP contribution in [0.1, 0.15) is 61.1 Å². The van der Waals surface area contributed by atoms with Crippen LogP contribution >= 0.6 is 0 Å². The molecule has 0 saturated heterocycles. The summed E-state index contributed by atoms with van der Waals surface area (Å²) in [6.07, 6.45) is -1.39. The number of nitrogens with zero attached hydrogens (tertiary/aromatic N) is 1. The Kier molecular flexibility index (Phi) is 7.19. The summed E-state index contributed by atoms with van der Waals surface area (Å²) < 4.78 is 10.7. The minimum absolute atomic E-state index is 0.575. The molecular weight excluding hydrogens is 378 g/mol. The molecule has 2 aromatic rings. The third-order valence-corrected chi connectivity index (χ3v) is 4.12. The molecular formula is C25H31NO4. The molecule has 5 nitrogen and oxygen atoms in total. The molecule has 0 N–H and O–H groups in total. The van der Waals surface area contributed by atoms with Crippen molar-refractivity contribution in [3.63, 3.8) is 0 Å². The second kappa shape index (κ2) is 9.24. The van der Waals surface area contributed by atoms with Gasteiger partial charge in [0.15, 0.2) is 0 Å². The number of ether oxygens (including phenoxy) is 2. The molecule has 0 aliphatic rings. The number of esters is 2. The van der Waals surface area contributed by atoms with Gasteiger partial charge in [-0.2, -0.15) is 0 Å². The molecule has 160 valence electrons. The Hall–Kier alpha value is -2.95. The summed E-state index contributed by atoms with van der Waals surface area (Å²) in [6.45, 7) is 14.6. The van der Waals surface area contributed by atoms with Gasteiger partial charge in [-0.3, -0.25) is 4.79 Å². The van der Waals surface area contributed by atoms with E-state index in [9.17, 15) is 9.59 Å². The van der Waals surface area contributed by atoms with E-state index in [1.807, 2.05) is 52.0 Å². The maximum Gasteiger partial charge on any atom is 0.371 e. The average molecular weight is 410 g/mol. The van der Waals surface area contributed by atoms with Gasteiger partial charge in [0.05, 0.1) is 5.71 Å². The normalized spacial score (nSPS) is 12.1. The zero-order valence-corrected chi connectivity index (χ0v) is 19.1. The van der Waals surface area contributed by atoms with Crippen molar-refractivity contribution >= 4 is 17.7 Å². The van der Waals surface area contributed by atoms with E-state index in [0.29, 0.717) is 5.71 Å². The van der Waals surface area contributed by atoms with Crippen molar-refractivity contribution < 1.29 is 19.1 Å². The molecule has 0 amide bonds. The Morgan fingerprint density at radius 1 is 0.800 bits per heavy atom. The Morgan fingerprint density at radius 2 is 1.20 bits per heavy atom. The molecule has 0 aliphatic heterocycles. The van der Waals surface area contributed by atoms with Gasteiger partial charge in [0.2, 0.25) is 0 Å². The first-order chi connectivity index (χ1) is 13.8. The fraction of sp³-hybridized carbons (Fsp3) is 0.400. The Balaban J connectivity index is 2.69. The molecule has 0 spiro atoms. The van der Waals surface area contributed by atoms with Gasteiger partial charge in [-0.05, 0) is 72.7 Å². The average Bonchev–Trinajstić information content (AvgIpc) is 2.54. The highest BCUT2D eigenvalue weighted by atomic mass is 16.6. The smallest absolute Gasteiger partial charge is 0.371 e. The second-order valence-electron chi connectivity index (χ2n) is 8.73. The van der Waals surface area contributed by atoms with Gasteiger partial charge in [-0.25, -0.2) is 9.79 Å². The van der Waals surface area contributed by atoms with Gasteiger partial charge >= 0.3 is 11.9 Å². The van der Waals surface area contributed by atoms with Gasteiger partial charge in [-0.15, -0.1) is 0 Å². The maximum absolute atomic E-state index is 12.8. The van der Waals surface area contributed by atoms with Crippen LogP contribution in [0.3, 0.4) is 0 Å². The standard InChI is InChI=1S/C25H31NO4/c1-15-9-16(2)12-20(11-15)22(21-13-17(3)10-18(4)14-21)26-23(29-19(5)27)24(28)30-25(6,7)8/h9-14,23H,1-8H3. The van der Waals surface area contributed by atoms with E-state index < -0.39 is 23.8 Å². The quantitative estimate of drug-likeness (QED) is 0.515. The highest BCUT2D eigenvalue weighted by Crippen LogP contribution is 2.20. The van der Waals surface area contributed by atoms with Gasteiger partial charge in [-0.1, -0.05) is 34.4 Å². The highest BCUT2D eigenvalue weighted by Gasteiger charge is 2.28. The molecule has 2 aromatic carbocycles. The lowest BCUT2D eigenvalue weighted by atomic mass is 9.96. The van der Waals surface area contributed by atoms with Gasteiger partial charge < -0.3 is 9.47 Å². The van der Waals surface area contributed by atoms with Crippen LogP contribution in [0.2, 0.25) is 0 Å². The van der Waals surface area contributed by atoms with E-state index in [2.05, 4.69) is 17.1 Å². The molecule has 0 heterocycles. The van der Waals surface area contributed by atoms with E-state index in [-0.39, 0.29) is 0 Å². The minimum Gasteiger partial charge on any atom is -0.456 e. The number of rotatable bonds is 5. The fourth-order valence-electron chi connectivity index (χ4n) is 3.29. The molecule has 2 rings (SSSR count). The third kappa shape index (κ3) is 6.83. The van der Waals surface area contributed by atoms with Crippen LogP contribution in [0.5, 0.6) is 0 Å². The summed E-state index contributed by atoms with van der Waals surface area (Å²) in [5, 5.41) is 0. The van der Waals surface area contributed by atoms with E-state index in [0.717, 1.165) is 33.4 Å². The Bertz CT molecular complexity index is 889. The van der Waals surface area contributed by atoms with Crippen molar-refractivity contribution in [2.24, 2.45) is 4.99 Å². The molecule has 0 fully saturated rings. The summed E-state index contributed by atoms with van der Waals surface area (Å²) in [6, 6.07) is 12.2. The summed E-state index contributed by atoms with van der Waals surface area (Å²) in [5.41, 5.74) is 5.83. The summed E-state index contributed by atoms with van der Waals surface area (Å²) in [7, 11) is 0. The lowest BCUT2D eigenvalue weighted by Gasteiger charge is -2.23. The first-order valence-electron chi connectivity index (χ1n) is 9.99. The van der Waals surface area contributed by atoms with E-state index >= 15 is 0 Å². The topological polar surface area (TPSA) is 65.0 Å². The molecule has 0 saturated carbocycles. The van der Waals surface area contributed by atoms with Gasteiger partial charge in [0, 0.05) is 18.1 Å². The van der Waals surface area contributed by atoms with Crippen LogP contribution in [0.15, 0.2) is 41.4 Å². The van der Waals surface area contributed by atoms with Crippen molar-refractivity contribution in [2.45, 2.75) is 67.2 Å². The third-order valence-electron chi connectivity index (χ3n) is 4.12. The molecule has 0 radical (unpaired) electrons. The van der Waals surface area contributed by atoms with E-state index in [1.165, 1.54) is 6.92 Å². The van der Waals surface area contributed by atoms with Gasteiger partial charge in [0.1, 0.15) is 5.60 Å². The number of aryl methyl sites for hydroxylation is 4. The van der Waals surface area contributed by atoms with E-state index in [4.69, 9.17) is 9.47 Å². The van der Waals surface area contributed by atoms with Crippen molar-refractivity contribution in [1.82, 2.24) is 0 Å². The molecule has 0 aliphatic carbocycles. The predicted octanol–water partition coefficient (Wildman–Crippen LogP) is 4.99. The maximum atomic E-state index is 12.8. The van der Waals surface area contributed by atoms with Crippen molar-refractivity contribution in [3.05, 3.63) is 69.8 Å². The molecule has 1 unspecified atom stereocenters. The van der Waals surface area contributed by atoms with Crippen LogP contribution < -0.4 is 0 Å². The molecule has 0 bridgehead atoms. The fourth-order valence-corrected chi connectivity index (χ4v) is 3.29. The highest BCUT2D eigenvalue weighted by molar-refractivity contribution is 6.14. The van der Waals surface area contributed by atoms with Crippen LogP contribution in [0.4, 0.5) is 0 Å². The second-order valence-corrected chi connectivity index (χ2v) is 8.73. The summed E-state index contributed by atoms with van der Waals surface area (Å²) >= 11 is 0. The lowest BCUT2D eigenvalue weighted by Crippen LogP contribution is -2.34. The van der Waals surface area contributed by atoms with Crippen molar-refractivity contribution in [3.8, 4) is 0 Å². The SMILES string of the molecule is CC(=O)OC(N=C(c1cc(C)cc(C)c1)c1cc(C)cc(C)c1)C(=O)OC(C)(C)C. The number of carbonyl (C=O) groups is 2. The van der Waals surface area contributed by atoms with Crippen molar-refractivity contribution in [1.29, 1.82) is 0 Å². The zero-order valence-electron chi connectivity index (χ0n) is 19.1. The predicted molar refractivity (Wildman–Crippen MR) is 119 cm³/mol. The largest absolute Gasteiger partial charge is 0.456 e. The number of aliphatic imine (C=N–C) groups is 1. The first-order valence-corrected chi connectivity index (χ1v) is 9.99. The molecule has 30 heavy (non-hydrogen) atoms. The van der Waals surface area contributed by atoms with Gasteiger partial charge in [0.25, 0.3) is 6.23 Å². The van der Waals surface area contributed by atoms with Crippen molar-refractivity contribution in [2.75, 3.05) is 0 Å². The minimum atomic E-state index is -1.39. The van der Waals surface area contributed by atoms with Crippen LogP contribution in [-0.4, -0.2) is 29.5 Å². The number of carbonyl (C=O) groups excluding carboxylic acids is 2. The Morgan fingerprint density at radius 3 is 1.53 bits per heavy atom. The zero-order chi connectivity index (χ0) is 22.6. The van der Waals surface area contributed by atoms with E-state index in [1.54, 1.807) is 20.8 Å². The molecule has 0 aromatic heterocycles. The number of hydrogen-bond acceptors (Lipinski definition) is 5. The van der Waals surface area contributed by atoms with Crippen LogP contribution in [-0.2, 0) is 19.1 Å². The first kappa shape index (κ1) is 23.3. The Labute approximate surface area is 179 Å². The van der Waals surface area contributed by atoms with Crippen LogP contribution in [0, 0.1) is 27.7 Å².